The van der Waals surface area contributed by atoms with Crippen LogP contribution in [-0.4, -0.2) is 11.3 Å². The lowest BCUT2D eigenvalue weighted by Crippen LogP contribution is -2.19. The maximum absolute atomic E-state index is 12.1. The van der Waals surface area contributed by atoms with Crippen molar-refractivity contribution in [3.05, 3.63) is 21.0 Å². The molecule has 0 spiro atoms. The van der Waals surface area contributed by atoms with Crippen LogP contribution in [0.5, 0.6) is 5.75 Å². The third-order valence-electron chi connectivity index (χ3n) is 1.78. The van der Waals surface area contributed by atoms with Gasteiger partial charge in [-0.15, -0.1) is 13.2 Å². The van der Waals surface area contributed by atoms with Gasteiger partial charge in [0.25, 0.3) is 0 Å². The van der Waals surface area contributed by atoms with Gasteiger partial charge in [0.15, 0.2) is 5.75 Å². The van der Waals surface area contributed by atoms with E-state index in [1.54, 1.807) is 22.6 Å². The van der Waals surface area contributed by atoms with E-state index >= 15 is 0 Å². The zero-order chi connectivity index (χ0) is 11.6. The van der Waals surface area contributed by atoms with E-state index in [0.29, 0.717) is 11.1 Å². The van der Waals surface area contributed by atoms with Gasteiger partial charge in [0.2, 0.25) is 0 Å². The molecule has 15 heavy (non-hydrogen) atoms. The van der Waals surface area contributed by atoms with Crippen molar-refractivity contribution in [1.29, 1.82) is 0 Å². The number of rotatable bonds is 2. The molecule has 1 aromatic heterocycles. The minimum Gasteiger partial charge on any atom is -0.403 e. The standard InChI is InChI=1S/C8H8F3IN2O/c1-4-5(2-13)3-14-7(12)6(4)15-8(9,10)11/h3H,2,13H2,1H3. The molecule has 0 radical (unpaired) electrons. The normalized spacial score (nSPS) is 11.6. The lowest BCUT2D eigenvalue weighted by molar-refractivity contribution is -0.275. The Labute approximate surface area is 98.0 Å². The molecular weight excluding hydrogens is 324 g/mol. The van der Waals surface area contributed by atoms with Gasteiger partial charge in [-0.05, 0) is 35.1 Å². The minimum absolute atomic E-state index is 0.129. The minimum atomic E-state index is -4.71. The fourth-order valence-electron chi connectivity index (χ4n) is 1.03. The fourth-order valence-corrected chi connectivity index (χ4v) is 1.68. The number of ether oxygens (including phenoxy) is 1. The molecule has 0 saturated heterocycles. The predicted octanol–water partition coefficient (Wildman–Crippen LogP) is 2.35. The van der Waals surface area contributed by atoms with E-state index in [2.05, 4.69) is 9.72 Å². The zero-order valence-corrected chi connectivity index (χ0v) is 9.89. The summed E-state index contributed by atoms with van der Waals surface area (Å²) in [6, 6.07) is 0. The predicted molar refractivity (Wildman–Crippen MR) is 56.3 cm³/mol. The first kappa shape index (κ1) is 12.5. The summed E-state index contributed by atoms with van der Waals surface area (Å²) in [5.41, 5.74) is 6.26. The van der Waals surface area contributed by atoms with E-state index in [-0.39, 0.29) is 16.0 Å². The van der Waals surface area contributed by atoms with Crippen LogP contribution in [0, 0.1) is 10.6 Å². The first-order valence-corrected chi connectivity index (χ1v) is 5.03. The van der Waals surface area contributed by atoms with Crippen molar-refractivity contribution in [3.8, 4) is 5.75 Å². The van der Waals surface area contributed by atoms with Crippen molar-refractivity contribution in [2.75, 3.05) is 0 Å². The summed E-state index contributed by atoms with van der Waals surface area (Å²) < 4.78 is 40.2. The third kappa shape index (κ3) is 3.20. The number of halogens is 4. The second-order valence-corrected chi connectivity index (χ2v) is 3.80. The molecular formula is C8H8F3IN2O. The van der Waals surface area contributed by atoms with E-state index in [1.807, 2.05) is 0 Å². The SMILES string of the molecule is Cc1c(CN)cnc(I)c1OC(F)(F)F. The van der Waals surface area contributed by atoms with E-state index in [9.17, 15) is 13.2 Å². The van der Waals surface area contributed by atoms with Crippen LogP contribution in [-0.2, 0) is 6.54 Å². The molecule has 3 nitrogen and oxygen atoms in total. The molecule has 84 valence electrons. The average Bonchev–Trinajstić information content (AvgIpc) is 2.11. The highest BCUT2D eigenvalue weighted by molar-refractivity contribution is 14.1. The van der Waals surface area contributed by atoms with Crippen LogP contribution in [0.2, 0.25) is 0 Å². The molecule has 1 rings (SSSR count). The Kier molecular flexibility index (Phi) is 3.77. The Bertz CT molecular complexity index is 368. The van der Waals surface area contributed by atoms with Crippen LogP contribution >= 0.6 is 22.6 Å². The van der Waals surface area contributed by atoms with Crippen molar-refractivity contribution < 1.29 is 17.9 Å². The Morgan fingerprint density at radius 3 is 2.60 bits per heavy atom. The smallest absolute Gasteiger partial charge is 0.403 e. The van der Waals surface area contributed by atoms with E-state index in [1.165, 1.54) is 13.1 Å². The number of aromatic nitrogens is 1. The Morgan fingerprint density at radius 2 is 2.13 bits per heavy atom. The monoisotopic (exact) mass is 332 g/mol. The van der Waals surface area contributed by atoms with Crippen molar-refractivity contribution in [2.24, 2.45) is 5.73 Å². The quantitative estimate of drug-likeness (QED) is 0.668. The molecule has 0 aliphatic heterocycles. The summed E-state index contributed by atoms with van der Waals surface area (Å²) in [6.07, 6.45) is -3.26. The summed E-state index contributed by atoms with van der Waals surface area (Å²) >= 11 is 1.68. The summed E-state index contributed by atoms with van der Waals surface area (Å²) in [5.74, 6) is -0.272. The van der Waals surface area contributed by atoms with Gasteiger partial charge >= 0.3 is 6.36 Å². The Balaban J connectivity index is 3.15. The second-order valence-electron chi connectivity index (χ2n) is 2.78. The molecule has 0 atom stereocenters. The number of hydrogen-bond donors (Lipinski definition) is 1. The summed E-state index contributed by atoms with van der Waals surface area (Å²) in [6.45, 7) is 1.65. The highest BCUT2D eigenvalue weighted by atomic mass is 127. The van der Waals surface area contributed by atoms with E-state index in [0.717, 1.165) is 0 Å². The van der Waals surface area contributed by atoms with Crippen LogP contribution in [0.1, 0.15) is 11.1 Å². The topological polar surface area (TPSA) is 48.1 Å². The van der Waals surface area contributed by atoms with Crippen LogP contribution in [0.15, 0.2) is 6.20 Å². The number of nitrogens with two attached hydrogens (primary N) is 1. The number of hydrogen-bond acceptors (Lipinski definition) is 3. The molecule has 0 amide bonds. The molecule has 7 heteroatoms. The molecule has 0 aromatic carbocycles. The molecule has 0 saturated carbocycles. The van der Waals surface area contributed by atoms with Crippen molar-refractivity contribution >= 4 is 22.6 Å². The van der Waals surface area contributed by atoms with Gasteiger partial charge < -0.3 is 10.5 Å². The van der Waals surface area contributed by atoms with Crippen molar-refractivity contribution in [1.82, 2.24) is 4.98 Å². The highest BCUT2D eigenvalue weighted by Gasteiger charge is 2.33. The van der Waals surface area contributed by atoms with Gasteiger partial charge in [0.05, 0.1) is 0 Å². The van der Waals surface area contributed by atoms with E-state index in [4.69, 9.17) is 5.73 Å². The van der Waals surface area contributed by atoms with E-state index < -0.39 is 6.36 Å². The maximum Gasteiger partial charge on any atom is 0.573 e. The molecule has 0 aliphatic carbocycles. The molecule has 0 fully saturated rings. The molecule has 1 aromatic rings. The zero-order valence-electron chi connectivity index (χ0n) is 7.73. The van der Waals surface area contributed by atoms with Gasteiger partial charge in [-0.3, -0.25) is 0 Å². The molecule has 0 aliphatic rings. The molecule has 0 bridgehead atoms. The Morgan fingerprint density at radius 1 is 1.53 bits per heavy atom. The van der Waals surface area contributed by atoms with Crippen molar-refractivity contribution in [3.63, 3.8) is 0 Å². The first-order valence-electron chi connectivity index (χ1n) is 3.95. The van der Waals surface area contributed by atoms with Gasteiger partial charge in [0.1, 0.15) is 3.70 Å². The number of pyridine rings is 1. The highest BCUT2D eigenvalue weighted by Crippen LogP contribution is 2.31. The number of nitrogens with zero attached hydrogens (tertiary/aromatic N) is 1. The van der Waals surface area contributed by atoms with Crippen LogP contribution < -0.4 is 10.5 Å². The van der Waals surface area contributed by atoms with Crippen LogP contribution in [0.4, 0.5) is 13.2 Å². The average molecular weight is 332 g/mol. The van der Waals surface area contributed by atoms with Gasteiger partial charge in [-0.2, -0.15) is 0 Å². The van der Waals surface area contributed by atoms with Gasteiger partial charge in [0, 0.05) is 18.3 Å². The Hall–Kier alpha value is -0.570. The number of alkyl halides is 3. The summed E-state index contributed by atoms with van der Waals surface area (Å²) in [7, 11) is 0. The first-order chi connectivity index (χ1) is 6.85. The van der Waals surface area contributed by atoms with Crippen LogP contribution in [0.3, 0.4) is 0 Å². The second kappa shape index (κ2) is 4.52. The summed E-state index contributed by atoms with van der Waals surface area (Å²) in [5, 5.41) is 0. The van der Waals surface area contributed by atoms with Gasteiger partial charge in [-0.25, -0.2) is 4.98 Å². The van der Waals surface area contributed by atoms with Gasteiger partial charge in [-0.1, -0.05) is 0 Å². The molecule has 1 heterocycles. The largest absolute Gasteiger partial charge is 0.573 e. The maximum atomic E-state index is 12.1. The fraction of sp³-hybridized carbons (Fsp3) is 0.375. The van der Waals surface area contributed by atoms with Crippen LogP contribution in [0.25, 0.3) is 0 Å². The molecule has 2 N–H and O–H groups in total. The lowest BCUT2D eigenvalue weighted by Gasteiger charge is -2.14. The lowest BCUT2D eigenvalue weighted by atomic mass is 10.1. The van der Waals surface area contributed by atoms with Crippen molar-refractivity contribution in [2.45, 2.75) is 19.8 Å². The molecule has 0 unspecified atom stereocenters. The summed E-state index contributed by atoms with van der Waals surface area (Å²) in [4.78, 5) is 3.78. The third-order valence-corrected chi connectivity index (χ3v) is 2.55.